The molecule has 5 nitrogen and oxygen atoms in total. The quantitative estimate of drug-likeness (QED) is 0.606. The first kappa shape index (κ1) is 22.3. The van der Waals surface area contributed by atoms with Gasteiger partial charge in [0.15, 0.2) is 0 Å². The van der Waals surface area contributed by atoms with Crippen molar-refractivity contribution in [2.24, 2.45) is 7.05 Å². The zero-order chi connectivity index (χ0) is 23.0. The fourth-order valence-electron chi connectivity index (χ4n) is 4.47. The molecule has 0 saturated carbocycles. The van der Waals surface area contributed by atoms with E-state index in [1.807, 2.05) is 13.1 Å². The van der Waals surface area contributed by atoms with Crippen molar-refractivity contribution in [1.82, 2.24) is 20.0 Å². The molecule has 1 atom stereocenters. The van der Waals surface area contributed by atoms with Crippen LogP contribution < -0.4 is 5.32 Å². The van der Waals surface area contributed by atoms with Crippen molar-refractivity contribution in [3.05, 3.63) is 53.5 Å². The summed E-state index contributed by atoms with van der Waals surface area (Å²) >= 11 is 0. The lowest BCUT2D eigenvalue weighted by atomic mass is 9.86. The number of nitrogens with one attached hydrogen (secondary N) is 1. The van der Waals surface area contributed by atoms with Crippen LogP contribution in [-0.2, 0) is 7.05 Å². The van der Waals surface area contributed by atoms with E-state index in [1.165, 1.54) is 6.07 Å². The van der Waals surface area contributed by atoms with Crippen LogP contribution in [0.2, 0.25) is 0 Å². The Morgan fingerprint density at radius 3 is 2.69 bits per heavy atom. The average Bonchev–Trinajstić information content (AvgIpc) is 3.40. The van der Waals surface area contributed by atoms with Crippen LogP contribution in [0.1, 0.15) is 42.1 Å². The molecule has 0 bridgehead atoms. The molecule has 0 radical (unpaired) electrons. The van der Waals surface area contributed by atoms with Gasteiger partial charge in [0.25, 0.3) is 12.3 Å². The SMILES string of the molecule is CC(C)N(CC(F)F)C(=O)c1cc(F)ccc1-c1cc2cnn(C)c2cc1[C@@H]1CCNC1. The highest BCUT2D eigenvalue weighted by molar-refractivity contribution is 6.02. The molecule has 1 aliphatic rings. The van der Waals surface area contributed by atoms with Crippen LogP contribution in [0, 0.1) is 5.82 Å². The number of hydrogen-bond acceptors (Lipinski definition) is 3. The summed E-state index contributed by atoms with van der Waals surface area (Å²) in [5.41, 5.74) is 3.45. The normalized spacial score (nSPS) is 16.4. The Kier molecular flexibility index (Phi) is 6.24. The summed E-state index contributed by atoms with van der Waals surface area (Å²) in [6, 6.07) is 7.63. The van der Waals surface area contributed by atoms with E-state index in [4.69, 9.17) is 0 Å². The summed E-state index contributed by atoms with van der Waals surface area (Å²) in [4.78, 5) is 14.5. The Morgan fingerprint density at radius 1 is 1.25 bits per heavy atom. The Labute approximate surface area is 185 Å². The lowest BCUT2D eigenvalue weighted by molar-refractivity contribution is 0.0476. The highest BCUT2D eigenvalue weighted by Gasteiger charge is 2.28. The Morgan fingerprint density at radius 2 is 2.03 bits per heavy atom. The molecule has 32 heavy (non-hydrogen) atoms. The van der Waals surface area contributed by atoms with Crippen molar-refractivity contribution >= 4 is 16.8 Å². The first-order valence-electron chi connectivity index (χ1n) is 10.8. The number of aromatic nitrogens is 2. The van der Waals surface area contributed by atoms with Gasteiger partial charge in [-0.05, 0) is 73.7 Å². The number of nitrogens with zero attached hydrogens (tertiary/aromatic N) is 3. The van der Waals surface area contributed by atoms with Crippen molar-refractivity contribution in [1.29, 1.82) is 0 Å². The van der Waals surface area contributed by atoms with E-state index in [1.54, 1.807) is 30.8 Å². The third-order valence-corrected chi connectivity index (χ3v) is 6.14. The maximum Gasteiger partial charge on any atom is 0.255 e. The third-order valence-electron chi connectivity index (χ3n) is 6.14. The van der Waals surface area contributed by atoms with Gasteiger partial charge in [-0.3, -0.25) is 9.48 Å². The van der Waals surface area contributed by atoms with Gasteiger partial charge in [0, 0.05) is 25.0 Å². The molecule has 1 amide bonds. The van der Waals surface area contributed by atoms with Gasteiger partial charge in [0.05, 0.1) is 23.8 Å². The van der Waals surface area contributed by atoms with E-state index in [-0.39, 0.29) is 11.5 Å². The van der Waals surface area contributed by atoms with Crippen molar-refractivity contribution in [2.75, 3.05) is 19.6 Å². The molecule has 1 N–H and O–H groups in total. The number of halogens is 3. The molecule has 8 heteroatoms. The second-order valence-electron chi connectivity index (χ2n) is 8.59. The van der Waals surface area contributed by atoms with Gasteiger partial charge in [0.2, 0.25) is 0 Å². The predicted molar refractivity (Wildman–Crippen MR) is 119 cm³/mol. The number of benzene rings is 2. The number of carbonyl (C=O) groups excluding carboxylic acids is 1. The van der Waals surface area contributed by atoms with Crippen LogP contribution in [0.3, 0.4) is 0 Å². The first-order chi connectivity index (χ1) is 15.3. The molecular weight excluding hydrogens is 417 g/mol. The molecule has 1 fully saturated rings. The summed E-state index contributed by atoms with van der Waals surface area (Å²) in [7, 11) is 1.87. The minimum atomic E-state index is -2.68. The predicted octanol–water partition coefficient (Wildman–Crippen LogP) is 4.57. The minimum Gasteiger partial charge on any atom is -0.330 e. The standard InChI is InChI=1S/C24H27F3N4O/c1-14(2)31(13-23(26)27)24(32)21-9-17(25)4-5-18(21)20-8-16-12-29-30(3)22(16)10-19(20)15-6-7-28-11-15/h4-5,8-10,12,14-15,23,28H,6-7,11,13H2,1-3H3/t15-/m1/s1. The van der Waals surface area contributed by atoms with E-state index < -0.39 is 30.7 Å². The smallest absolute Gasteiger partial charge is 0.255 e. The van der Waals surface area contributed by atoms with E-state index in [0.717, 1.165) is 52.5 Å². The van der Waals surface area contributed by atoms with Crippen LogP contribution in [-0.4, -0.2) is 52.7 Å². The molecule has 1 aromatic heterocycles. The van der Waals surface area contributed by atoms with Gasteiger partial charge in [-0.2, -0.15) is 5.10 Å². The topological polar surface area (TPSA) is 50.2 Å². The van der Waals surface area contributed by atoms with Gasteiger partial charge in [-0.15, -0.1) is 0 Å². The lowest BCUT2D eigenvalue weighted by Gasteiger charge is -2.28. The van der Waals surface area contributed by atoms with Crippen molar-refractivity contribution in [2.45, 2.75) is 38.7 Å². The number of rotatable bonds is 6. The van der Waals surface area contributed by atoms with Crippen LogP contribution in [0.5, 0.6) is 0 Å². The average molecular weight is 445 g/mol. The minimum absolute atomic E-state index is 0.0924. The zero-order valence-corrected chi connectivity index (χ0v) is 18.4. The number of carbonyl (C=O) groups is 1. The maximum absolute atomic E-state index is 14.3. The number of amides is 1. The largest absolute Gasteiger partial charge is 0.330 e. The van der Waals surface area contributed by atoms with Crippen molar-refractivity contribution in [3.8, 4) is 11.1 Å². The fraction of sp³-hybridized carbons (Fsp3) is 0.417. The molecule has 2 heterocycles. The molecule has 1 saturated heterocycles. The van der Waals surface area contributed by atoms with E-state index in [9.17, 15) is 18.0 Å². The fourth-order valence-corrected chi connectivity index (χ4v) is 4.47. The number of fused-ring (bicyclic) bond motifs is 1. The van der Waals surface area contributed by atoms with Gasteiger partial charge >= 0.3 is 0 Å². The summed E-state index contributed by atoms with van der Waals surface area (Å²) < 4.78 is 42.4. The van der Waals surface area contributed by atoms with E-state index in [0.29, 0.717) is 5.56 Å². The van der Waals surface area contributed by atoms with Crippen LogP contribution in [0.15, 0.2) is 36.5 Å². The molecule has 0 aliphatic carbocycles. The second-order valence-corrected chi connectivity index (χ2v) is 8.59. The summed E-state index contributed by atoms with van der Waals surface area (Å²) in [6.07, 6.45) is 0.00690. The molecule has 0 unspecified atom stereocenters. The van der Waals surface area contributed by atoms with E-state index >= 15 is 0 Å². The summed E-state index contributed by atoms with van der Waals surface area (Å²) in [5, 5.41) is 8.60. The number of aryl methyl sites for hydroxylation is 1. The third kappa shape index (κ3) is 4.24. The Bertz CT molecular complexity index is 1140. The van der Waals surface area contributed by atoms with Crippen molar-refractivity contribution < 1.29 is 18.0 Å². The van der Waals surface area contributed by atoms with Crippen molar-refractivity contribution in [3.63, 3.8) is 0 Å². The summed E-state index contributed by atoms with van der Waals surface area (Å²) in [5.74, 6) is -0.958. The van der Waals surface area contributed by atoms with Crippen LogP contribution in [0.4, 0.5) is 13.2 Å². The number of alkyl halides is 2. The van der Waals surface area contributed by atoms with Gasteiger partial charge in [-0.25, -0.2) is 13.2 Å². The molecular formula is C24H27F3N4O. The molecule has 1 aliphatic heterocycles. The monoisotopic (exact) mass is 444 g/mol. The van der Waals surface area contributed by atoms with Gasteiger partial charge in [0.1, 0.15) is 5.82 Å². The van der Waals surface area contributed by atoms with Gasteiger partial charge < -0.3 is 10.2 Å². The molecule has 170 valence electrons. The lowest BCUT2D eigenvalue weighted by Crippen LogP contribution is -2.40. The molecule has 2 aromatic carbocycles. The van der Waals surface area contributed by atoms with Gasteiger partial charge in [-0.1, -0.05) is 6.07 Å². The Hall–Kier alpha value is -2.87. The zero-order valence-electron chi connectivity index (χ0n) is 18.4. The number of hydrogen-bond donors (Lipinski definition) is 1. The molecule has 3 aromatic rings. The Balaban J connectivity index is 1.90. The molecule has 4 rings (SSSR count). The van der Waals surface area contributed by atoms with E-state index in [2.05, 4.69) is 16.5 Å². The van der Waals surface area contributed by atoms with Crippen LogP contribution in [0.25, 0.3) is 22.0 Å². The summed E-state index contributed by atoms with van der Waals surface area (Å²) in [6.45, 7) is 4.34. The highest BCUT2D eigenvalue weighted by atomic mass is 19.3. The highest BCUT2D eigenvalue weighted by Crippen LogP contribution is 2.38. The molecule has 0 spiro atoms. The second kappa shape index (κ2) is 8.94. The maximum atomic E-state index is 14.3. The first-order valence-corrected chi connectivity index (χ1v) is 10.8. The van der Waals surface area contributed by atoms with Crippen LogP contribution >= 0.6 is 0 Å².